The highest BCUT2D eigenvalue weighted by atomic mass is 16.5. The fourth-order valence-electron chi connectivity index (χ4n) is 4.38. The molecule has 1 saturated heterocycles. The first-order chi connectivity index (χ1) is 17.4. The van der Waals surface area contributed by atoms with Crippen molar-refractivity contribution >= 4 is 11.9 Å². The monoisotopic (exact) mass is 482 g/mol. The Hall–Kier alpha value is -4.46. The summed E-state index contributed by atoms with van der Waals surface area (Å²) in [5, 5.41) is 6.99. The van der Waals surface area contributed by atoms with Gasteiger partial charge < -0.3 is 14.6 Å². The van der Waals surface area contributed by atoms with Crippen LogP contribution in [0.5, 0.6) is 5.75 Å². The normalized spacial score (nSPS) is 17.4. The molecule has 1 unspecified atom stereocenters. The second-order valence-electron chi connectivity index (χ2n) is 8.71. The lowest BCUT2D eigenvalue weighted by Gasteiger charge is -2.28. The highest BCUT2D eigenvalue weighted by molar-refractivity contribution is 6.09. The maximum absolute atomic E-state index is 14.0. The lowest BCUT2D eigenvalue weighted by atomic mass is 9.81. The lowest BCUT2D eigenvalue weighted by molar-refractivity contribution is -0.130. The van der Waals surface area contributed by atoms with E-state index in [0.29, 0.717) is 23.6 Å². The van der Waals surface area contributed by atoms with Crippen molar-refractivity contribution in [3.63, 3.8) is 0 Å². The standard InChI is InChI=1S/C28H26N4O4/c1-4-35-23-14-11-20(12-15-23)25-29-24(36-31-25)17-32-26(33)28(30-27(32)34,21-8-6-5-7-9-21)22-13-10-18(2)19(3)16-22/h5-16H,4,17H2,1-3H3,(H,30,34). The molecular formula is C28H26N4O4. The smallest absolute Gasteiger partial charge is 0.326 e. The van der Waals surface area contributed by atoms with E-state index in [2.05, 4.69) is 15.5 Å². The van der Waals surface area contributed by atoms with E-state index in [1.165, 1.54) is 0 Å². The Kier molecular flexibility index (Phi) is 6.01. The largest absolute Gasteiger partial charge is 0.494 e. The second-order valence-corrected chi connectivity index (χ2v) is 8.71. The Morgan fingerprint density at radius 1 is 0.944 bits per heavy atom. The van der Waals surface area contributed by atoms with Crippen molar-refractivity contribution in [3.8, 4) is 17.1 Å². The zero-order valence-electron chi connectivity index (χ0n) is 20.3. The van der Waals surface area contributed by atoms with E-state index in [9.17, 15) is 9.59 Å². The molecule has 8 nitrogen and oxygen atoms in total. The Bertz CT molecular complexity index is 1420. The summed E-state index contributed by atoms with van der Waals surface area (Å²) in [4.78, 5) is 32.7. The van der Waals surface area contributed by atoms with Crippen molar-refractivity contribution in [2.45, 2.75) is 32.9 Å². The van der Waals surface area contributed by atoms with Gasteiger partial charge in [-0.1, -0.05) is 53.7 Å². The van der Waals surface area contributed by atoms with Gasteiger partial charge in [-0.2, -0.15) is 4.98 Å². The molecule has 182 valence electrons. The number of nitrogens with zero attached hydrogens (tertiary/aromatic N) is 3. The number of rotatable bonds is 7. The van der Waals surface area contributed by atoms with Crippen LogP contribution in [-0.2, 0) is 16.9 Å². The first kappa shape index (κ1) is 23.3. The summed E-state index contributed by atoms with van der Waals surface area (Å²) < 4.78 is 10.9. The minimum Gasteiger partial charge on any atom is -0.494 e. The van der Waals surface area contributed by atoms with Crippen LogP contribution in [0.3, 0.4) is 0 Å². The van der Waals surface area contributed by atoms with Crippen LogP contribution < -0.4 is 10.1 Å². The number of nitrogens with one attached hydrogen (secondary N) is 1. The topological polar surface area (TPSA) is 97.6 Å². The summed E-state index contributed by atoms with van der Waals surface area (Å²) in [5.74, 6) is 0.866. The fraction of sp³-hybridized carbons (Fsp3) is 0.214. The zero-order chi connectivity index (χ0) is 25.3. The minimum absolute atomic E-state index is 0.145. The van der Waals surface area contributed by atoms with Gasteiger partial charge in [-0.15, -0.1) is 0 Å². The third kappa shape index (κ3) is 4.00. The van der Waals surface area contributed by atoms with E-state index in [0.717, 1.165) is 27.3 Å². The summed E-state index contributed by atoms with van der Waals surface area (Å²) in [6, 6.07) is 21.8. The zero-order valence-corrected chi connectivity index (χ0v) is 20.3. The fourth-order valence-corrected chi connectivity index (χ4v) is 4.38. The Morgan fingerprint density at radius 2 is 1.69 bits per heavy atom. The maximum atomic E-state index is 14.0. The summed E-state index contributed by atoms with van der Waals surface area (Å²) in [6.45, 7) is 6.34. The lowest BCUT2D eigenvalue weighted by Crippen LogP contribution is -2.45. The molecule has 8 heteroatoms. The average molecular weight is 483 g/mol. The number of carbonyl (C=O) groups excluding carboxylic acids is 2. The summed E-state index contributed by atoms with van der Waals surface area (Å²) in [5.41, 5.74) is 2.88. The quantitative estimate of drug-likeness (QED) is 0.382. The predicted molar refractivity (Wildman–Crippen MR) is 133 cm³/mol. The molecule has 1 fully saturated rings. The molecule has 3 amide bonds. The first-order valence-corrected chi connectivity index (χ1v) is 11.8. The molecule has 0 spiro atoms. The molecular weight excluding hydrogens is 456 g/mol. The number of amides is 3. The predicted octanol–water partition coefficient (Wildman–Crippen LogP) is 4.75. The number of urea groups is 1. The van der Waals surface area contributed by atoms with Crippen molar-refractivity contribution in [1.29, 1.82) is 0 Å². The van der Waals surface area contributed by atoms with Crippen molar-refractivity contribution < 1.29 is 18.8 Å². The maximum Gasteiger partial charge on any atom is 0.326 e. The number of hydrogen-bond acceptors (Lipinski definition) is 6. The SMILES string of the molecule is CCOc1ccc(-c2noc(CN3C(=O)NC(c4ccccc4)(c4ccc(C)c(C)c4)C3=O)n2)cc1. The van der Waals surface area contributed by atoms with E-state index in [4.69, 9.17) is 9.26 Å². The van der Waals surface area contributed by atoms with Crippen LogP contribution >= 0.6 is 0 Å². The summed E-state index contributed by atoms with van der Waals surface area (Å²) in [7, 11) is 0. The summed E-state index contributed by atoms with van der Waals surface area (Å²) >= 11 is 0. The first-order valence-electron chi connectivity index (χ1n) is 11.8. The van der Waals surface area contributed by atoms with Gasteiger partial charge >= 0.3 is 6.03 Å². The number of aryl methyl sites for hydroxylation is 2. The molecule has 1 N–H and O–H groups in total. The number of ether oxygens (including phenoxy) is 1. The molecule has 2 heterocycles. The number of imide groups is 1. The number of hydrogen-bond donors (Lipinski definition) is 1. The molecule has 1 aliphatic heterocycles. The minimum atomic E-state index is -1.35. The van der Waals surface area contributed by atoms with E-state index >= 15 is 0 Å². The second kappa shape index (κ2) is 9.30. The van der Waals surface area contributed by atoms with Gasteiger partial charge in [0.1, 0.15) is 12.3 Å². The number of carbonyl (C=O) groups is 2. The molecule has 4 aromatic rings. The van der Waals surface area contributed by atoms with Crippen LogP contribution in [-0.4, -0.2) is 33.6 Å². The van der Waals surface area contributed by atoms with Crippen molar-refractivity contribution in [3.05, 3.63) is 101 Å². The highest BCUT2D eigenvalue weighted by Gasteiger charge is 2.54. The van der Waals surface area contributed by atoms with E-state index in [1.54, 1.807) is 0 Å². The Labute approximate surface area is 208 Å². The van der Waals surface area contributed by atoms with Gasteiger partial charge in [0, 0.05) is 5.56 Å². The molecule has 0 bridgehead atoms. The van der Waals surface area contributed by atoms with Crippen LogP contribution in [0.25, 0.3) is 11.4 Å². The molecule has 5 rings (SSSR count). The van der Waals surface area contributed by atoms with Crippen molar-refractivity contribution in [2.24, 2.45) is 0 Å². The van der Waals surface area contributed by atoms with Crippen molar-refractivity contribution in [1.82, 2.24) is 20.4 Å². The van der Waals surface area contributed by atoms with Crippen LogP contribution in [0.1, 0.15) is 35.1 Å². The highest BCUT2D eigenvalue weighted by Crippen LogP contribution is 2.37. The Balaban J connectivity index is 1.46. The van der Waals surface area contributed by atoms with Gasteiger partial charge in [-0.3, -0.25) is 9.69 Å². The number of benzene rings is 3. The molecule has 0 aliphatic carbocycles. The van der Waals surface area contributed by atoms with Gasteiger partial charge in [0.2, 0.25) is 11.7 Å². The third-order valence-electron chi connectivity index (χ3n) is 6.44. The van der Waals surface area contributed by atoms with Gasteiger partial charge in [0.15, 0.2) is 5.54 Å². The van der Waals surface area contributed by atoms with Crippen LogP contribution in [0, 0.1) is 13.8 Å². The van der Waals surface area contributed by atoms with Crippen molar-refractivity contribution in [2.75, 3.05) is 6.61 Å². The van der Waals surface area contributed by atoms with Crippen LogP contribution in [0.15, 0.2) is 77.3 Å². The molecule has 3 aromatic carbocycles. The van der Waals surface area contributed by atoms with Gasteiger partial charge in [0.05, 0.1) is 6.61 Å². The third-order valence-corrected chi connectivity index (χ3v) is 6.44. The van der Waals surface area contributed by atoms with E-state index < -0.39 is 17.5 Å². The van der Waals surface area contributed by atoms with Crippen LogP contribution in [0.4, 0.5) is 4.79 Å². The molecule has 0 radical (unpaired) electrons. The molecule has 1 aromatic heterocycles. The summed E-state index contributed by atoms with van der Waals surface area (Å²) in [6.07, 6.45) is 0. The van der Waals surface area contributed by atoms with Gasteiger partial charge in [0.25, 0.3) is 5.91 Å². The number of aromatic nitrogens is 2. The Morgan fingerprint density at radius 3 is 2.39 bits per heavy atom. The van der Waals surface area contributed by atoms with Gasteiger partial charge in [-0.05, 0) is 67.3 Å². The van der Waals surface area contributed by atoms with E-state index in [-0.39, 0.29) is 12.4 Å². The molecule has 36 heavy (non-hydrogen) atoms. The van der Waals surface area contributed by atoms with E-state index in [1.807, 2.05) is 93.6 Å². The molecule has 1 aliphatic rings. The van der Waals surface area contributed by atoms with Gasteiger partial charge in [-0.25, -0.2) is 4.79 Å². The molecule has 0 saturated carbocycles. The average Bonchev–Trinajstić information content (AvgIpc) is 3.46. The van der Waals surface area contributed by atoms with Crippen LogP contribution in [0.2, 0.25) is 0 Å². The molecule has 1 atom stereocenters.